The number of hydrogen-bond acceptors (Lipinski definition) is 2. The number of rotatable bonds is 3. The van der Waals surface area contributed by atoms with Gasteiger partial charge in [0, 0.05) is 5.56 Å². The van der Waals surface area contributed by atoms with Gasteiger partial charge in [-0.05, 0) is 19.9 Å². The Labute approximate surface area is 101 Å². The van der Waals surface area contributed by atoms with Gasteiger partial charge >= 0.3 is 12.1 Å². The van der Waals surface area contributed by atoms with E-state index >= 15 is 0 Å². The zero-order valence-corrected chi connectivity index (χ0v) is 9.71. The molecule has 0 aromatic heterocycles. The largest absolute Gasteiger partial charge is 0.481 e. The first-order valence-corrected chi connectivity index (χ1v) is 5.03. The maximum atomic E-state index is 12.7. The summed E-state index contributed by atoms with van der Waals surface area (Å²) in [6.07, 6.45) is -4.69. The number of aliphatic carboxylic acids is 1. The summed E-state index contributed by atoms with van der Waals surface area (Å²) in [5, 5.41) is 8.86. The third-order valence-corrected chi connectivity index (χ3v) is 2.58. The van der Waals surface area contributed by atoms with Gasteiger partial charge in [-0.15, -0.1) is 0 Å². The number of Topliss-reactive ketones (excluding diaryl/α,β-unsaturated/α-hetero) is 1. The highest BCUT2D eigenvalue weighted by molar-refractivity contribution is 6.12. The Bertz CT molecular complexity index is 490. The van der Waals surface area contributed by atoms with Crippen molar-refractivity contribution in [1.82, 2.24) is 0 Å². The zero-order valence-electron chi connectivity index (χ0n) is 9.71. The van der Waals surface area contributed by atoms with Crippen molar-refractivity contribution in [2.75, 3.05) is 0 Å². The lowest BCUT2D eigenvalue weighted by Gasteiger charge is -2.20. The lowest BCUT2D eigenvalue weighted by molar-refractivity contribution is -0.145. The van der Waals surface area contributed by atoms with Gasteiger partial charge in [0.15, 0.2) is 5.78 Å². The van der Waals surface area contributed by atoms with Crippen molar-refractivity contribution < 1.29 is 27.9 Å². The average molecular weight is 260 g/mol. The highest BCUT2D eigenvalue weighted by Crippen LogP contribution is 2.34. The number of benzene rings is 1. The molecule has 0 aliphatic carbocycles. The lowest BCUT2D eigenvalue weighted by atomic mass is 9.83. The molecule has 0 fully saturated rings. The molecule has 0 aliphatic heterocycles. The van der Waals surface area contributed by atoms with Crippen molar-refractivity contribution in [2.45, 2.75) is 20.0 Å². The van der Waals surface area contributed by atoms with Gasteiger partial charge in [0.25, 0.3) is 0 Å². The molecule has 1 N–H and O–H groups in total. The van der Waals surface area contributed by atoms with E-state index in [0.29, 0.717) is 0 Å². The lowest BCUT2D eigenvalue weighted by Crippen LogP contribution is -2.34. The van der Waals surface area contributed by atoms with E-state index in [1.807, 2.05) is 0 Å². The summed E-state index contributed by atoms with van der Waals surface area (Å²) in [7, 11) is 0. The van der Waals surface area contributed by atoms with E-state index in [2.05, 4.69) is 0 Å². The number of carbonyl (C=O) groups is 2. The molecule has 0 aliphatic rings. The maximum absolute atomic E-state index is 12.7. The Kier molecular flexibility index (Phi) is 3.50. The highest BCUT2D eigenvalue weighted by Gasteiger charge is 2.42. The molecule has 1 aromatic carbocycles. The van der Waals surface area contributed by atoms with Gasteiger partial charge in [-0.3, -0.25) is 9.59 Å². The van der Waals surface area contributed by atoms with Gasteiger partial charge in [0.2, 0.25) is 0 Å². The first-order chi connectivity index (χ1) is 8.08. The quantitative estimate of drug-likeness (QED) is 0.671. The van der Waals surface area contributed by atoms with E-state index in [1.54, 1.807) is 0 Å². The molecule has 0 saturated heterocycles. The fourth-order valence-corrected chi connectivity index (χ4v) is 1.36. The van der Waals surface area contributed by atoms with Crippen molar-refractivity contribution in [2.24, 2.45) is 5.41 Å². The van der Waals surface area contributed by atoms with Crippen LogP contribution in [0.1, 0.15) is 29.8 Å². The molecule has 0 spiro atoms. The van der Waals surface area contributed by atoms with Crippen LogP contribution >= 0.6 is 0 Å². The van der Waals surface area contributed by atoms with Crippen molar-refractivity contribution in [3.63, 3.8) is 0 Å². The number of alkyl halides is 3. The minimum Gasteiger partial charge on any atom is -0.481 e. The molecule has 0 amide bonds. The Morgan fingerprint density at radius 1 is 1.11 bits per heavy atom. The first-order valence-electron chi connectivity index (χ1n) is 5.03. The summed E-state index contributed by atoms with van der Waals surface area (Å²) >= 11 is 0. The molecule has 0 radical (unpaired) electrons. The van der Waals surface area contributed by atoms with Crippen LogP contribution in [0.4, 0.5) is 13.2 Å². The monoisotopic (exact) mass is 260 g/mol. The van der Waals surface area contributed by atoms with Crippen LogP contribution in [0.5, 0.6) is 0 Å². The van der Waals surface area contributed by atoms with E-state index in [1.165, 1.54) is 6.07 Å². The molecule has 1 aromatic rings. The summed E-state index contributed by atoms with van der Waals surface area (Å²) in [5.41, 5.74) is -3.65. The van der Waals surface area contributed by atoms with E-state index in [4.69, 9.17) is 5.11 Å². The van der Waals surface area contributed by atoms with Crippen LogP contribution in [-0.2, 0) is 11.0 Å². The van der Waals surface area contributed by atoms with Crippen LogP contribution in [0.3, 0.4) is 0 Å². The molecule has 1 rings (SSSR count). The molecular formula is C12H11F3O3. The van der Waals surface area contributed by atoms with Crippen molar-refractivity contribution in [1.29, 1.82) is 0 Å². The summed E-state index contributed by atoms with van der Waals surface area (Å²) in [6.45, 7) is 2.15. The molecule has 98 valence electrons. The van der Waals surface area contributed by atoms with Gasteiger partial charge < -0.3 is 5.11 Å². The molecule has 3 nitrogen and oxygen atoms in total. The molecular weight excluding hydrogens is 249 g/mol. The smallest absolute Gasteiger partial charge is 0.417 e. The second kappa shape index (κ2) is 4.44. The molecule has 0 bridgehead atoms. The highest BCUT2D eigenvalue weighted by atomic mass is 19.4. The summed E-state index contributed by atoms with van der Waals surface area (Å²) in [5.74, 6) is -2.53. The second-order valence-corrected chi connectivity index (χ2v) is 4.30. The van der Waals surface area contributed by atoms with Gasteiger partial charge in [-0.25, -0.2) is 0 Å². The maximum Gasteiger partial charge on any atom is 0.417 e. The predicted octanol–water partition coefficient (Wildman–Crippen LogP) is 3.00. The van der Waals surface area contributed by atoms with Crippen LogP contribution < -0.4 is 0 Å². The van der Waals surface area contributed by atoms with Crippen molar-refractivity contribution in [3.05, 3.63) is 35.4 Å². The SMILES string of the molecule is CC(C)(C(=O)O)C(=O)c1ccccc1C(F)(F)F. The Morgan fingerprint density at radius 2 is 1.61 bits per heavy atom. The molecule has 0 unspecified atom stereocenters. The third kappa shape index (κ3) is 2.52. The van der Waals surface area contributed by atoms with Crippen LogP contribution in [0.25, 0.3) is 0 Å². The Hall–Kier alpha value is -1.85. The zero-order chi connectivity index (χ0) is 14.1. The first kappa shape index (κ1) is 14.2. The van der Waals surface area contributed by atoms with Crippen LogP contribution in [0, 0.1) is 5.41 Å². The van der Waals surface area contributed by atoms with Gasteiger partial charge in [-0.1, -0.05) is 18.2 Å². The predicted molar refractivity (Wildman–Crippen MR) is 57.2 cm³/mol. The molecule has 18 heavy (non-hydrogen) atoms. The van der Waals surface area contributed by atoms with Gasteiger partial charge in [0.05, 0.1) is 5.56 Å². The fourth-order valence-electron chi connectivity index (χ4n) is 1.36. The van der Waals surface area contributed by atoms with Crippen LogP contribution in [0.15, 0.2) is 24.3 Å². The fraction of sp³-hybridized carbons (Fsp3) is 0.333. The van der Waals surface area contributed by atoms with Crippen LogP contribution in [0.2, 0.25) is 0 Å². The van der Waals surface area contributed by atoms with Gasteiger partial charge in [0.1, 0.15) is 5.41 Å². The second-order valence-electron chi connectivity index (χ2n) is 4.30. The van der Waals surface area contributed by atoms with Crippen molar-refractivity contribution >= 4 is 11.8 Å². The molecule has 6 heteroatoms. The number of carboxylic acids is 1. The van der Waals surface area contributed by atoms with Gasteiger partial charge in [-0.2, -0.15) is 13.2 Å². The minimum atomic E-state index is -4.69. The number of ketones is 1. The number of carboxylic acid groups (broad SMARTS) is 1. The van der Waals surface area contributed by atoms with E-state index < -0.39 is 34.5 Å². The molecule has 0 atom stereocenters. The number of halogens is 3. The standard InChI is InChI=1S/C12H11F3O3/c1-11(2,10(17)18)9(16)7-5-3-4-6-8(7)12(13,14)15/h3-6H,1-2H3,(H,17,18). The van der Waals surface area contributed by atoms with E-state index in [9.17, 15) is 22.8 Å². The van der Waals surface area contributed by atoms with E-state index in [-0.39, 0.29) is 0 Å². The summed E-state index contributed by atoms with van der Waals surface area (Å²) in [4.78, 5) is 22.8. The van der Waals surface area contributed by atoms with Crippen molar-refractivity contribution in [3.8, 4) is 0 Å². The Balaban J connectivity index is 3.36. The number of hydrogen-bond donors (Lipinski definition) is 1. The summed E-state index contributed by atoms with van der Waals surface area (Å²) < 4.78 is 38.1. The Morgan fingerprint density at radius 3 is 2.06 bits per heavy atom. The average Bonchev–Trinajstić information content (AvgIpc) is 2.26. The van der Waals surface area contributed by atoms with Crippen LogP contribution in [-0.4, -0.2) is 16.9 Å². The van der Waals surface area contributed by atoms with E-state index in [0.717, 1.165) is 32.0 Å². The molecule has 0 heterocycles. The third-order valence-electron chi connectivity index (χ3n) is 2.58. The minimum absolute atomic E-state index is 0.627. The topological polar surface area (TPSA) is 54.4 Å². The normalized spacial score (nSPS) is 12.3. The number of carbonyl (C=O) groups excluding carboxylic acids is 1. The molecule has 0 saturated carbocycles. The summed E-state index contributed by atoms with van der Waals surface area (Å²) in [6, 6.07) is 4.15.